The average Bonchev–Trinajstić information content (AvgIpc) is 3.09. The molecule has 142 valence electrons. The predicted octanol–water partition coefficient (Wildman–Crippen LogP) is 2.11. The van der Waals surface area contributed by atoms with Crippen LogP contribution >= 0.6 is 0 Å². The molecule has 0 unspecified atom stereocenters. The van der Waals surface area contributed by atoms with Crippen LogP contribution < -0.4 is 10.2 Å². The fourth-order valence-electron chi connectivity index (χ4n) is 2.95. The van der Waals surface area contributed by atoms with Gasteiger partial charge < -0.3 is 10.2 Å². The zero-order valence-electron chi connectivity index (χ0n) is 14.3. The molecule has 0 radical (unpaired) electrons. The summed E-state index contributed by atoms with van der Waals surface area (Å²) in [4.78, 5) is 14.3. The maximum Gasteiger partial charge on any atom is 0.408 e. The Morgan fingerprint density at radius 2 is 1.93 bits per heavy atom. The van der Waals surface area contributed by atoms with Crippen molar-refractivity contribution in [3.8, 4) is 6.07 Å². The second kappa shape index (κ2) is 7.65. The van der Waals surface area contributed by atoms with Crippen molar-refractivity contribution in [3.05, 3.63) is 41.7 Å². The highest BCUT2D eigenvalue weighted by Gasteiger charge is 2.29. The zero-order valence-corrected chi connectivity index (χ0v) is 14.3. The Hall–Kier alpha value is -3.09. The Morgan fingerprint density at radius 3 is 2.52 bits per heavy atom. The van der Waals surface area contributed by atoms with E-state index >= 15 is 0 Å². The number of amides is 1. The Kier molecular flexibility index (Phi) is 5.30. The Morgan fingerprint density at radius 1 is 1.26 bits per heavy atom. The quantitative estimate of drug-likeness (QED) is 0.881. The van der Waals surface area contributed by atoms with Crippen LogP contribution in [-0.2, 0) is 6.54 Å². The van der Waals surface area contributed by atoms with Gasteiger partial charge in [0.2, 0.25) is 0 Å². The van der Waals surface area contributed by atoms with Gasteiger partial charge in [-0.2, -0.15) is 18.4 Å². The summed E-state index contributed by atoms with van der Waals surface area (Å²) in [5.41, 5.74) is 1.47. The van der Waals surface area contributed by atoms with E-state index in [4.69, 9.17) is 5.26 Å². The topological polar surface area (TPSA) is 86.8 Å². The van der Waals surface area contributed by atoms with Gasteiger partial charge in [-0.05, 0) is 37.1 Å². The molecule has 2 heterocycles. The summed E-state index contributed by atoms with van der Waals surface area (Å²) in [6.45, 7) is 0.158. The number of halogens is 3. The first-order valence-electron chi connectivity index (χ1n) is 8.37. The van der Waals surface area contributed by atoms with Crippen molar-refractivity contribution >= 4 is 11.6 Å². The van der Waals surface area contributed by atoms with Crippen molar-refractivity contribution in [2.45, 2.75) is 31.6 Å². The number of hydrogen-bond acceptors (Lipinski definition) is 5. The van der Waals surface area contributed by atoms with E-state index in [1.807, 2.05) is 12.1 Å². The first-order chi connectivity index (χ1) is 12.8. The van der Waals surface area contributed by atoms with Crippen LogP contribution in [0.4, 0.5) is 18.9 Å². The number of carbonyl (C=O) groups excluding carboxylic acids is 1. The Bertz CT molecular complexity index is 832. The Balaban J connectivity index is 1.51. The van der Waals surface area contributed by atoms with Gasteiger partial charge in [-0.15, -0.1) is 5.10 Å². The molecule has 0 bridgehead atoms. The summed E-state index contributed by atoms with van der Waals surface area (Å²) < 4.78 is 37.6. The van der Waals surface area contributed by atoms with Crippen LogP contribution in [0.3, 0.4) is 0 Å². The third-order valence-corrected chi connectivity index (χ3v) is 4.30. The van der Waals surface area contributed by atoms with Gasteiger partial charge in [-0.25, -0.2) is 4.68 Å². The third kappa shape index (κ3) is 4.97. The Labute approximate surface area is 153 Å². The molecule has 7 nitrogen and oxygen atoms in total. The molecule has 1 aromatic heterocycles. The summed E-state index contributed by atoms with van der Waals surface area (Å²) in [7, 11) is 0. The van der Waals surface area contributed by atoms with Crippen molar-refractivity contribution < 1.29 is 18.0 Å². The number of aromatic nitrogens is 3. The van der Waals surface area contributed by atoms with Crippen LogP contribution in [0.1, 0.15) is 28.9 Å². The van der Waals surface area contributed by atoms with Crippen LogP contribution in [0.2, 0.25) is 0 Å². The van der Waals surface area contributed by atoms with Crippen LogP contribution in [0, 0.1) is 11.3 Å². The predicted molar refractivity (Wildman–Crippen MR) is 89.9 cm³/mol. The fourth-order valence-corrected chi connectivity index (χ4v) is 2.95. The summed E-state index contributed by atoms with van der Waals surface area (Å²) >= 11 is 0. The minimum absolute atomic E-state index is 0.0834. The maximum absolute atomic E-state index is 12.3. The van der Waals surface area contributed by atoms with E-state index in [-0.39, 0.29) is 11.7 Å². The minimum Gasteiger partial charge on any atom is -0.371 e. The SMILES string of the molecule is N#Cc1ccc(N2CCC(NC(=O)c3cn(CC(F)(F)F)nn3)CC2)cc1. The van der Waals surface area contributed by atoms with Crippen molar-refractivity contribution in [1.82, 2.24) is 20.3 Å². The molecule has 1 amide bonds. The van der Waals surface area contributed by atoms with Gasteiger partial charge in [-0.1, -0.05) is 5.21 Å². The molecular weight excluding hydrogens is 361 g/mol. The standard InChI is InChI=1S/C17H17F3N6O/c18-17(19,20)11-26-10-15(23-24-26)16(27)22-13-5-7-25(8-6-13)14-3-1-12(9-21)2-4-14/h1-4,10,13H,5-8,11H2,(H,22,27). The van der Waals surface area contributed by atoms with Crippen LogP contribution in [0.5, 0.6) is 0 Å². The van der Waals surface area contributed by atoms with Crippen LogP contribution in [0.25, 0.3) is 0 Å². The van der Waals surface area contributed by atoms with Gasteiger partial charge in [0, 0.05) is 24.8 Å². The van der Waals surface area contributed by atoms with E-state index in [9.17, 15) is 18.0 Å². The number of benzene rings is 1. The number of nitriles is 1. The monoisotopic (exact) mass is 378 g/mol. The van der Waals surface area contributed by atoms with Gasteiger partial charge in [0.15, 0.2) is 5.69 Å². The van der Waals surface area contributed by atoms with Crippen molar-refractivity contribution in [2.24, 2.45) is 0 Å². The number of alkyl halides is 3. The lowest BCUT2D eigenvalue weighted by Gasteiger charge is -2.33. The number of anilines is 1. The molecule has 27 heavy (non-hydrogen) atoms. The normalized spacial score (nSPS) is 15.4. The number of carbonyl (C=O) groups is 1. The molecule has 1 N–H and O–H groups in total. The highest BCUT2D eigenvalue weighted by molar-refractivity contribution is 5.92. The summed E-state index contributed by atoms with van der Waals surface area (Å²) in [6.07, 6.45) is -2.03. The number of nitrogens with one attached hydrogen (secondary N) is 1. The fraction of sp³-hybridized carbons (Fsp3) is 0.412. The van der Waals surface area contributed by atoms with E-state index in [0.717, 1.165) is 25.0 Å². The molecule has 1 aliphatic rings. The van der Waals surface area contributed by atoms with Gasteiger partial charge >= 0.3 is 6.18 Å². The average molecular weight is 378 g/mol. The van der Waals surface area contributed by atoms with E-state index < -0.39 is 18.6 Å². The molecule has 1 fully saturated rings. The van der Waals surface area contributed by atoms with Gasteiger partial charge in [0.1, 0.15) is 6.54 Å². The molecule has 1 aliphatic heterocycles. The molecule has 0 spiro atoms. The highest BCUT2D eigenvalue weighted by Crippen LogP contribution is 2.21. The molecule has 0 aliphatic carbocycles. The molecule has 0 saturated carbocycles. The minimum atomic E-state index is -4.42. The number of hydrogen-bond donors (Lipinski definition) is 1. The number of nitrogens with zero attached hydrogens (tertiary/aromatic N) is 5. The second-order valence-corrected chi connectivity index (χ2v) is 6.31. The van der Waals surface area contributed by atoms with Crippen molar-refractivity contribution in [3.63, 3.8) is 0 Å². The molecule has 1 saturated heterocycles. The summed E-state index contributed by atoms with van der Waals surface area (Å²) in [5.74, 6) is -0.528. The lowest BCUT2D eigenvalue weighted by molar-refractivity contribution is -0.142. The van der Waals surface area contributed by atoms with E-state index in [1.54, 1.807) is 12.1 Å². The molecule has 3 rings (SSSR count). The first kappa shape index (κ1) is 18.7. The third-order valence-electron chi connectivity index (χ3n) is 4.30. The first-order valence-corrected chi connectivity index (χ1v) is 8.37. The second-order valence-electron chi connectivity index (χ2n) is 6.31. The number of piperidine rings is 1. The maximum atomic E-state index is 12.3. The van der Waals surface area contributed by atoms with Gasteiger partial charge in [-0.3, -0.25) is 4.79 Å². The highest BCUT2D eigenvalue weighted by atomic mass is 19.4. The van der Waals surface area contributed by atoms with Crippen LogP contribution in [0.15, 0.2) is 30.5 Å². The largest absolute Gasteiger partial charge is 0.408 e. The van der Waals surface area contributed by atoms with Gasteiger partial charge in [0.05, 0.1) is 17.8 Å². The van der Waals surface area contributed by atoms with Crippen molar-refractivity contribution in [2.75, 3.05) is 18.0 Å². The molecule has 10 heteroatoms. The molecular formula is C17H17F3N6O. The number of rotatable bonds is 4. The lowest BCUT2D eigenvalue weighted by Crippen LogP contribution is -2.44. The molecule has 2 aromatic rings. The summed E-state index contributed by atoms with van der Waals surface area (Å²) in [6, 6.07) is 9.28. The molecule has 1 aromatic carbocycles. The van der Waals surface area contributed by atoms with E-state index in [2.05, 4.69) is 26.6 Å². The van der Waals surface area contributed by atoms with Gasteiger partial charge in [0.25, 0.3) is 5.91 Å². The van der Waals surface area contributed by atoms with E-state index in [0.29, 0.717) is 23.1 Å². The smallest absolute Gasteiger partial charge is 0.371 e. The van der Waals surface area contributed by atoms with Crippen molar-refractivity contribution in [1.29, 1.82) is 5.26 Å². The molecule has 0 atom stereocenters. The zero-order chi connectivity index (χ0) is 19.4. The van der Waals surface area contributed by atoms with E-state index in [1.165, 1.54) is 0 Å². The summed E-state index contributed by atoms with van der Waals surface area (Å²) in [5, 5.41) is 18.5. The lowest BCUT2D eigenvalue weighted by atomic mass is 10.0. The van der Waals surface area contributed by atoms with Crippen LogP contribution in [-0.4, -0.2) is 46.2 Å².